The van der Waals surface area contributed by atoms with Crippen molar-refractivity contribution in [2.45, 2.75) is 31.7 Å². The number of methoxy groups -OCH3 is 1. The van der Waals surface area contributed by atoms with E-state index in [0.717, 1.165) is 19.4 Å². The van der Waals surface area contributed by atoms with Gasteiger partial charge >= 0.3 is 0 Å². The first-order valence-corrected chi connectivity index (χ1v) is 11.4. The zero-order valence-corrected chi connectivity index (χ0v) is 18.0. The highest BCUT2D eigenvalue weighted by atomic mass is 35.5. The minimum Gasteiger partial charge on any atom is -0.496 e. The number of carbonyl (C=O) groups is 2. The van der Waals surface area contributed by atoms with Crippen LogP contribution in [0.2, 0.25) is 5.02 Å². The van der Waals surface area contributed by atoms with Crippen LogP contribution in [0.5, 0.6) is 5.75 Å². The lowest BCUT2D eigenvalue weighted by atomic mass is 9.94. The first-order valence-electron chi connectivity index (χ1n) is 10.0. The zero-order chi connectivity index (χ0) is 20.4. The summed E-state index contributed by atoms with van der Waals surface area (Å²) in [6.45, 7) is 1.97. The van der Waals surface area contributed by atoms with Crippen LogP contribution in [0.15, 0.2) is 35.0 Å². The highest BCUT2D eigenvalue weighted by molar-refractivity contribution is 7.08. The molecule has 2 aliphatic rings. The summed E-state index contributed by atoms with van der Waals surface area (Å²) >= 11 is 7.75. The van der Waals surface area contributed by atoms with Gasteiger partial charge in [0, 0.05) is 30.6 Å². The quantitative estimate of drug-likeness (QED) is 0.707. The van der Waals surface area contributed by atoms with Gasteiger partial charge in [0.05, 0.1) is 18.7 Å². The summed E-state index contributed by atoms with van der Waals surface area (Å²) in [6.07, 6.45) is 3.48. The van der Waals surface area contributed by atoms with E-state index in [1.165, 1.54) is 5.56 Å². The molecule has 0 spiro atoms. The van der Waals surface area contributed by atoms with Gasteiger partial charge in [0.2, 0.25) is 5.91 Å². The average molecular weight is 433 g/mol. The molecule has 0 bridgehead atoms. The molecule has 154 valence electrons. The number of piperidine rings is 1. The number of likely N-dealkylation sites (tertiary alicyclic amines) is 2. The summed E-state index contributed by atoms with van der Waals surface area (Å²) in [6, 6.07) is 7.41. The molecule has 5 nitrogen and oxygen atoms in total. The van der Waals surface area contributed by atoms with Crippen LogP contribution in [-0.4, -0.2) is 48.4 Å². The number of thiophene rings is 1. The standard InChI is InChI=1S/C22H25ClN2O3S/c1-28-20-5-4-17(23)13-18(20)22(27)24-10-6-15(7-11-24)21(26)25-9-2-3-19(25)16-8-12-29-14-16/h4-5,8,12-15,19H,2-3,6-7,9-11H2,1H3/t19-/m1/s1. The van der Waals surface area contributed by atoms with Crippen LogP contribution in [0.1, 0.15) is 47.6 Å². The molecular formula is C22H25ClN2O3S. The predicted octanol–water partition coefficient (Wildman–Crippen LogP) is 4.63. The number of benzene rings is 1. The van der Waals surface area contributed by atoms with Gasteiger partial charge in [-0.15, -0.1) is 0 Å². The van der Waals surface area contributed by atoms with Gasteiger partial charge in [-0.3, -0.25) is 9.59 Å². The van der Waals surface area contributed by atoms with E-state index in [1.807, 2.05) is 0 Å². The van der Waals surface area contributed by atoms with E-state index in [-0.39, 0.29) is 23.8 Å². The molecule has 2 fully saturated rings. The van der Waals surface area contributed by atoms with Crippen molar-refractivity contribution < 1.29 is 14.3 Å². The molecule has 0 saturated carbocycles. The molecular weight excluding hydrogens is 408 g/mol. The zero-order valence-electron chi connectivity index (χ0n) is 16.5. The molecule has 2 saturated heterocycles. The Hall–Kier alpha value is -2.05. The number of halogens is 1. The molecule has 7 heteroatoms. The van der Waals surface area contributed by atoms with Crippen LogP contribution in [0.3, 0.4) is 0 Å². The molecule has 1 atom stereocenters. The number of hydrogen-bond donors (Lipinski definition) is 0. The number of nitrogens with zero attached hydrogens (tertiary/aromatic N) is 2. The summed E-state index contributed by atoms with van der Waals surface area (Å²) in [7, 11) is 1.55. The normalized spacial score (nSPS) is 20.1. The van der Waals surface area contributed by atoms with E-state index < -0.39 is 0 Å². The van der Waals surface area contributed by atoms with Crippen molar-refractivity contribution in [3.05, 3.63) is 51.2 Å². The maximum Gasteiger partial charge on any atom is 0.257 e. The van der Waals surface area contributed by atoms with Gasteiger partial charge in [0.25, 0.3) is 5.91 Å². The van der Waals surface area contributed by atoms with Gasteiger partial charge in [0.1, 0.15) is 5.75 Å². The van der Waals surface area contributed by atoms with Crippen LogP contribution >= 0.6 is 22.9 Å². The highest BCUT2D eigenvalue weighted by Gasteiger charge is 2.36. The van der Waals surface area contributed by atoms with Crippen LogP contribution in [0.4, 0.5) is 0 Å². The number of ether oxygens (including phenoxy) is 1. The van der Waals surface area contributed by atoms with Crippen LogP contribution in [0, 0.1) is 5.92 Å². The molecule has 0 aliphatic carbocycles. The molecule has 0 N–H and O–H groups in total. The van der Waals surface area contributed by atoms with Crippen molar-refractivity contribution in [1.29, 1.82) is 0 Å². The van der Waals surface area contributed by atoms with E-state index in [4.69, 9.17) is 16.3 Å². The number of amides is 2. The lowest BCUT2D eigenvalue weighted by Gasteiger charge is -2.35. The predicted molar refractivity (Wildman–Crippen MR) is 115 cm³/mol. The molecule has 1 aromatic heterocycles. The minimum absolute atomic E-state index is 0.0143. The van der Waals surface area contributed by atoms with E-state index in [0.29, 0.717) is 42.3 Å². The van der Waals surface area contributed by atoms with E-state index >= 15 is 0 Å². The van der Waals surface area contributed by atoms with Gasteiger partial charge in [0.15, 0.2) is 0 Å². The van der Waals surface area contributed by atoms with Crippen molar-refractivity contribution in [2.24, 2.45) is 5.92 Å². The largest absolute Gasteiger partial charge is 0.496 e. The molecule has 0 radical (unpaired) electrons. The highest BCUT2D eigenvalue weighted by Crippen LogP contribution is 2.36. The van der Waals surface area contributed by atoms with Crippen molar-refractivity contribution in [2.75, 3.05) is 26.7 Å². The van der Waals surface area contributed by atoms with Gasteiger partial charge in [-0.1, -0.05) is 11.6 Å². The van der Waals surface area contributed by atoms with Gasteiger partial charge in [-0.25, -0.2) is 0 Å². The van der Waals surface area contributed by atoms with Crippen LogP contribution in [0.25, 0.3) is 0 Å². The first kappa shape index (κ1) is 20.2. The number of hydrogen-bond acceptors (Lipinski definition) is 4. The topological polar surface area (TPSA) is 49.9 Å². The summed E-state index contributed by atoms with van der Waals surface area (Å²) in [5, 5.41) is 4.73. The second-order valence-electron chi connectivity index (χ2n) is 7.66. The SMILES string of the molecule is COc1ccc(Cl)cc1C(=O)N1CCC(C(=O)N2CCC[C@@H]2c2ccsc2)CC1. The maximum atomic E-state index is 13.2. The van der Waals surface area contributed by atoms with Gasteiger partial charge < -0.3 is 14.5 Å². The van der Waals surface area contributed by atoms with Crippen LogP contribution < -0.4 is 4.74 Å². The molecule has 0 unspecified atom stereocenters. The first-order chi connectivity index (χ1) is 14.1. The molecule has 29 heavy (non-hydrogen) atoms. The molecule has 1 aromatic carbocycles. The summed E-state index contributed by atoms with van der Waals surface area (Å²) in [4.78, 5) is 30.0. The van der Waals surface area contributed by atoms with Gasteiger partial charge in [-0.05, 0) is 66.3 Å². The van der Waals surface area contributed by atoms with Crippen LogP contribution in [-0.2, 0) is 4.79 Å². The third-order valence-electron chi connectivity index (χ3n) is 5.99. The Morgan fingerprint density at radius 1 is 1.14 bits per heavy atom. The molecule has 4 rings (SSSR count). The Bertz CT molecular complexity index is 878. The Balaban J connectivity index is 1.40. The summed E-state index contributed by atoms with van der Waals surface area (Å²) in [5.74, 6) is 0.659. The Morgan fingerprint density at radius 2 is 1.93 bits per heavy atom. The van der Waals surface area contributed by atoms with Crippen molar-refractivity contribution in [1.82, 2.24) is 9.80 Å². The molecule has 2 aliphatic heterocycles. The molecule has 2 amide bonds. The van der Waals surface area contributed by atoms with Gasteiger partial charge in [-0.2, -0.15) is 11.3 Å². The lowest BCUT2D eigenvalue weighted by molar-refractivity contribution is -0.137. The third kappa shape index (κ3) is 4.14. The fourth-order valence-corrected chi connectivity index (χ4v) is 5.30. The summed E-state index contributed by atoms with van der Waals surface area (Å²) < 4.78 is 5.32. The van der Waals surface area contributed by atoms with E-state index in [2.05, 4.69) is 21.7 Å². The molecule has 3 heterocycles. The molecule has 2 aromatic rings. The van der Waals surface area contributed by atoms with E-state index in [9.17, 15) is 9.59 Å². The Morgan fingerprint density at radius 3 is 2.62 bits per heavy atom. The maximum absolute atomic E-state index is 13.2. The monoisotopic (exact) mass is 432 g/mol. The fourth-order valence-electron chi connectivity index (χ4n) is 4.42. The average Bonchev–Trinajstić information content (AvgIpc) is 3.44. The van der Waals surface area contributed by atoms with Crippen molar-refractivity contribution >= 4 is 34.8 Å². The van der Waals surface area contributed by atoms with Crippen molar-refractivity contribution in [3.8, 4) is 5.75 Å². The third-order valence-corrected chi connectivity index (χ3v) is 6.92. The van der Waals surface area contributed by atoms with E-state index in [1.54, 1.807) is 41.5 Å². The minimum atomic E-state index is -0.0902. The Labute approximate surface area is 180 Å². The smallest absolute Gasteiger partial charge is 0.257 e. The second kappa shape index (κ2) is 8.76. The number of rotatable bonds is 4. The fraction of sp³-hybridized carbons (Fsp3) is 0.455. The second-order valence-corrected chi connectivity index (χ2v) is 8.87. The summed E-state index contributed by atoms with van der Waals surface area (Å²) in [5.41, 5.74) is 1.73. The Kier molecular flexibility index (Phi) is 6.11. The van der Waals surface area contributed by atoms with Crippen molar-refractivity contribution in [3.63, 3.8) is 0 Å². The number of carbonyl (C=O) groups excluding carboxylic acids is 2. The lowest BCUT2D eigenvalue weighted by Crippen LogP contribution is -2.44.